The first kappa shape index (κ1) is 17.2. The fraction of sp³-hybridized carbons (Fsp3) is 0.556. The second-order valence-electron chi connectivity index (χ2n) is 6.71. The van der Waals surface area contributed by atoms with Gasteiger partial charge in [0.25, 0.3) is 0 Å². The summed E-state index contributed by atoms with van der Waals surface area (Å²) in [5.41, 5.74) is 6.56. The molecule has 1 aliphatic carbocycles. The number of rotatable bonds is 5. The van der Waals surface area contributed by atoms with E-state index in [1.807, 2.05) is 29.2 Å². The van der Waals surface area contributed by atoms with Gasteiger partial charge in [-0.3, -0.25) is 9.59 Å². The molecule has 0 spiro atoms. The Morgan fingerprint density at radius 3 is 2.96 bits per heavy atom. The molecule has 24 heavy (non-hydrogen) atoms. The van der Waals surface area contributed by atoms with Gasteiger partial charge in [-0.2, -0.15) is 0 Å². The van der Waals surface area contributed by atoms with Crippen LogP contribution in [0.1, 0.15) is 30.7 Å². The first-order valence-corrected chi connectivity index (χ1v) is 9.00. The van der Waals surface area contributed by atoms with Crippen LogP contribution in [0.15, 0.2) is 24.3 Å². The standard InChI is InChI=1S/C18H24ClN3O2/c19-14-5-1-3-12(9-14)15-10-16(15)18(24)22-8-2-4-13(11-22)17(23)21-7-6-20/h1,3,5,9,13,15-16H,2,4,6-8,10-11,20H2,(H,21,23). The minimum absolute atomic E-state index is 0.0140. The number of hydrogen-bond acceptors (Lipinski definition) is 3. The predicted octanol–water partition coefficient (Wildman–Crippen LogP) is 1.76. The zero-order chi connectivity index (χ0) is 17.1. The van der Waals surface area contributed by atoms with Gasteiger partial charge in [0.2, 0.25) is 11.8 Å². The Balaban J connectivity index is 1.57. The van der Waals surface area contributed by atoms with E-state index in [2.05, 4.69) is 5.32 Å². The lowest BCUT2D eigenvalue weighted by atomic mass is 9.96. The molecular formula is C18H24ClN3O2. The third kappa shape index (κ3) is 3.90. The number of nitrogens with zero attached hydrogens (tertiary/aromatic N) is 1. The average Bonchev–Trinajstić information content (AvgIpc) is 3.40. The molecule has 3 rings (SSSR count). The molecule has 0 bridgehead atoms. The summed E-state index contributed by atoms with van der Waals surface area (Å²) < 4.78 is 0. The van der Waals surface area contributed by atoms with Crippen LogP contribution in [0.25, 0.3) is 0 Å². The Bertz CT molecular complexity index is 622. The Morgan fingerprint density at radius 1 is 1.38 bits per heavy atom. The van der Waals surface area contributed by atoms with Gasteiger partial charge in [-0.05, 0) is 42.9 Å². The first-order valence-electron chi connectivity index (χ1n) is 8.62. The molecule has 2 amide bonds. The van der Waals surface area contributed by atoms with Crippen LogP contribution in [0, 0.1) is 11.8 Å². The molecule has 130 valence electrons. The molecule has 1 aliphatic heterocycles. The van der Waals surface area contributed by atoms with Gasteiger partial charge in [-0.1, -0.05) is 23.7 Å². The van der Waals surface area contributed by atoms with E-state index in [9.17, 15) is 9.59 Å². The number of piperidine rings is 1. The zero-order valence-corrected chi connectivity index (χ0v) is 14.5. The SMILES string of the molecule is NCCNC(=O)C1CCCN(C(=O)C2CC2c2cccc(Cl)c2)C1. The quantitative estimate of drug-likeness (QED) is 0.850. The van der Waals surface area contributed by atoms with Crippen molar-refractivity contribution in [3.63, 3.8) is 0 Å². The molecule has 1 aromatic rings. The molecule has 3 N–H and O–H groups in total. The van der Waals surface area contributed by atoms with Crippen molar-refractivity contribution in [2.45, 2.75) is 25.2 Å². The molecular weight excluding hydrogens is 326 g/mol. The molecule has 6 heteroatoms. The Morgan fingerprint density at radius 2 is 2.21 bits per heavy atom. The second-order valence-corrected chi connectivity index (χ2v) is 7.14. The van der Waals surface area contributed by atoms with Crippen LogP contribution in [-0.2, 0) is 9.59 Å². The highest BCUT2D eigenvalue weighted by molar-refractivity contribution is 6.30. The van der Waals surface area contributed by atoms with Gasteiger partial charge in [-0.25, -0.2) is 0 Å². The predicted molar refractivity (Wildman–Crippen MR) is 93.7 cm³/mol. The number of carbonyl (C=O) groups is 2. The molecule has 1 saturated carbocycles. The van der Waals surface area contributed by atoms with E-state index in [0.29, 0.717) is 24.7 Å². The van der Waals surface area contributed by atoms with E-state index in [4.69, 9.17) is 17.3 Å². The summed E-state index contributed by atoms with van der Waals surface area (Å²) in [6, 6.07) is 7.75. The molecule has 2 aliphatic rings. The average molecular weight is 350 g/mol. The van der Waals surface area contributed by atoms with Crippen molar-refractivity contribution in [1.82, 2.24) is 10.2 Å². The van der Waals surface area contributed by atoms with Crippen molar-refractivity contribution < 1.29 is 9.59 Å². The normalized spacial score (nSPS) is 26.1. The smallest absolute Gasteiger partial charge is 0.226 e. The van der Waals surface area contributed by atoms with Crippen molar-refractivity contribution >= 4 is 23.4 Å². The van der Waals surface area contributed by atoms with Crippen molar-refractivity contribution in [2.75, 3.05) is 26.2 Å². The van der Waals surface area contributed by atoms with Crippen molar-refractivity contribution in [3.8, 4) is 0 Å². The topological polar surface area (TPSA) is 75.4 Å². The maximum atomic E-state index is 12.8. The van der Waals surface area contributed by atoms with E-state index in [-0.39, 0.29) is 29.6 Å². The van der Waals surface area contributed by atoms with E-state index in [1.54, 1.807) is 0 Å². The number of amides is 2. The van der Waals surface area contributed by atoms with Crippen LogP contribution in [0.3, 0.4) is 0 Å². The van der Waals surface area contributed by atoms with Crippen molar-refractivity contribution in [3.05, 3.63) is 34.9 Å². The summed E-state index contributed by atoms with van der Waals surface area (Å²) in [4.78, 5) is 26.7. The third-order valence-electron chi connectivity index (χ3n) is 4.93. The molecule has 1 saturated heterocycles. The molecule has 3 unspecified atom stereocenters. The van der Waals surface area contributed by atoms with Gasteiger partial charge in [-0.15, -0.1) is 0 Å². The van der Waals surface area contributed by atoms with Gasteiger partial charge in [0.05, 0.1) is 5.92 Å². The van der Waals surface area contributed by atoms with Gasteiger partial charge in [0, 0.05) is 37.1 Å². The highest BCUT2D eigenvalue weighted by Gasteiger charge is 2.46. The minimum Gasteiger partial charge on any atom is -0.355 e. The summed E-state index contributed by atoms with van der Waals surface area (Å²) in [7, 11) is 0. The number of carbonyl (C=O) groups excluding carboxylic acids is 2. The van der Waals surface area contributed by atoms with Crippen LogP contribution >= 0.6 is 11.6 Å². The number of hydrogen-bond donors (Lipinski definition) is 2. The molecule has 1 aromatic carbocycles. The second kappa shape index (κ2) is 7.53. The fourth-order valence-corrected chi connectivity index (χ4v) is 3.74. The van der Waals surface area contributed by atoms with Crippen molar-refractivity contribution in [2.24, 2.45) is 17.6 Å². The van der Waals surface area contributed by atoms with Gasteiger partial charge in [0.15, 0.2) is 0 Å². The van der Waals surface area contributed by atoms with Crippen molar-refractivity contribution in [1.29, 1.82) is 0 Å². The zero-order valence-electron chi connectivity index (χ0n) is 13.7. The largest absolute Gasteiger partial charge is 0.355 e. The van der Waals surface area contributed by atoms with Gasteiger partial charge in [0.1, 0.15) is 0 Å². The Labute approximate surface area is 147 Å². The number of likely N-dealkylation sites (tertiary alicyclic amines) is 1. The summed E-state index contributed by atoms with van der Waals surface area (Å²) in [6.07, 6.45) is 2.59. The fourth-order valence-electron chi connectivity index (χ4n) is 3.54. The highest BCUT2D eigenvalue weighted by atomic mass is 35.5. The lowest BCUT2D eigenvalue weighted by Gasteiger charge is -2.32. The highest BCUT2D eigenvalue weighted by Crippen LogP contribution is 2.49. The summed E-state index contributed by atoms with van der Waals surface area (Å²) in [6.45, 7) is 2.19. The molecule has 5 nitrogen and oxygen atoms in total. The molecule has 0 radical (unpaired) electrons. The van der Waals surface area contributed by atoms with Crippen LogP contribution in [0.2, 0.25) is 5.02 Å². The van der Waals surface area contributed by atoms with Crippen LogP contribution in [0.5, 0.6) is 0 Å². The molecule has 1 heterocycles. The number of halogens is 1. The summed E-state index contributed by atoms with van der Waals surface area (Å²) >= 11 is 6.04. The van der Waals surface area contributed by atoms with E-state index < -0.39 is 0 Å². The van der Waals surface area contributed by atoms with Crippen LogP contribution in [0.4, 0.5) is 0 Å². The van der Waals surface area contributed by atoms with E-state index >= 15 is 0 Å². The monoisotopic (exact) mass is 349 g/mol. The van der Waals surface area contributed by atoms with Gasteiger partial charge < -0.3 is 16.0 Å². The van der Waals surface area contributed by atoms with E-state index in [1.165, 1.54) is 0 Å². The maximum absolute atomic E-state index is 12.8. The Hall–Kier alpha value is -1.59. The van der Waals surface area contributed by atoms with Crippen LogP contribution in [-0.4, -0.2) is 42.9 Å². The first-order chi connectivity index (χ1) is 11.6. The number of nitrogens with one attached hydrogen (secondary N) is 1. The Kier molecular flexibility index (Phi) is 5.41. The number of nitrogens with two attached hydrogens (primary N) is 1. The molecule has 0 aromatic heterocycles. The summed E-state index contributed by atoms with van der Waals surface area (Å²) in [5.74, 6) is 0.381. The number of benzene rings is 1. The van der Waals surface area contributed by atoms with Gasteiger partial charge >= 0.3 is 0 Å². The summed E-state index contributed by atoms with van der Waals surface area (Å²) in [5, 5.41) is 3.54. The lowest BCUT2D eigenvalue weighted by molar-refractivity contribution is -0.136. The minimum atomic E-state index is -0.113. The molecule has 2 fully saturated rings. The van der Waals surface area contributed by atoms with E-state index in [0.717, 1.165) is 31.4 Å². The van der Waals surface area contributed by atoms with Crippen LogP contribution < -0.4 is 11.1 Å². The maximum Gasteiger partial charge on any atom is 0.226 e. The lowest BCUT2D eigenvalue weighted by Crippen LogP contribution is -2.46. The third-order valence-corrected chi connectivity index (χ3v) is 5.17. The molecule has 3 atom stereocenters.